The summed E-state index contributed by atoms with van der Waals surface area (Å²) in [6.45, 7) is 0. The highest BCUT2D eigenvalue weighted by atomic mass is 35.5. The summed E-state index contributed by atoms with van der Waals surface area (Å²) in [7, 11) is 0. The largest absolute Gasteiger partial charge is 0.423 e. The Labute approximate surface area is 108 Å². The van der Waals surface area contributed by atoms with E-state index in [1.807, 2.05) is 36.4 Å². The molecule has 3 aromatic rings. The van der Waals surface area contributed by atoms with Gasteiger partial charge in [-0.05, 0) is 12.1 Å². The standard InChI is InChI=1S/C15H9ClO2/c16-13-7-3-1-5-10(13)12-9-15(17)18-14-8-4-2-6-11(12)14/h1-9H. The van der Waals surface area contributed by atoms with Crippen molar-refractivity contribution < 1.29 is 4.42 Å². The van der Waals surface area contributed by atoms with Crippen molar-refractivity contribution in [3.63, 3.8) is 0 Å². The molecule has 3 rings (SSSR count). The molecule has 1 heterocycles. The predicted octanol–water partition coefficient (Wildman–Crippen LogP) is 4.11. The smallest absolute Gasteiger partial charge is 0.336 e. The first-order chi connectivity index (χ1) is 8.75. The van der Waals surface area contributed by atoms with Crippen molar-refractivity contribution in [3.8, 4) is 11.1 Å². The van der Waals surface area contributed by atoms with Crippen molar-refractivity contribution in [1.82, 2.24) is 0 Å². The monoisotopic (exact) mass is 256 g/mol. The maximum Gasteiger partial charge on any atom is 0.336 e. The number of fused-ring (bicyclic) bond motifs is 1. The van der Waals surface area contributed by atoms with Crippen LogP contribution in [0.15, 0.2) is 63.8 Å². The van der Waals surface area contributed by atoms with Gasteiger partial charge in [0.25, 0.3) is 0 Å². The molecule has 0 bridgehead atoms. The summed E-state index contributed by atoms with van der Waals surface area (Å²) < 4.78 is 5.17. The van der Waals surface area contributed by atoms with Gasteiger partial charge in [0.1, 0.15) is 5.58 Å². The highest BCUT2D eigenvalue weighted by Crippen LogP contribution is 2.31. The fraction of sp³-hybridized carbons (Fsp3) is 0. The summed E-state index contributed by atoms with van der Waals surface area (Å²) in [5.74, 6) is 0. The minimum atomic E-state index is -0.372. The van der Waals surface area contributed by atoms with Gasteiger partial charge in [-0.15, -0.1) is 0 Å². The minimum Gasteiger partial charge on any atom is -0.423 e. The van der Waals surface area contributed by atoms with Crippen LogP contribution in [0.5, 0.6) is 0 Å². The molecule has 18 heavy (non-hydrogen) atoms. The summed E-state index contributed by atoms with van der Waals surface area (Å²) in [5, 5.41) is 1.50. The SMILES string of the molecule is O=c1cc(-c2ccccc2Cl)c2ccccc2o1. The van der Waals surface area contributed by atoms with E-state index in [0.717, 1.165) is 16.5 Å². The Morgan fingerprint density at radius 2 is 1.61 bits per heavy atom. The van der Waals surface area contributed by atoms with Crippen LogP contribution in [0.1, 0.15) is 0 Å². The van der Waals surface area contributed by atoms with E-state index in [-0.39, 0.29) is 5.63 Å². The third-order valence-corrected chi connectivity index (χ3v) is 3.14. The zero-order chi connectivity index (χ0) is 12.5. The molecular formula is C15H9ClO2. The van der Waals surface area contributed by atoms with Crippen LogP contribution < -0.4 is 5.63 Å². The lowest BCUT2D eigenvalue weighted by Gasteiger charge is -2.06. The van der Waals surface area contributed by atoms with Gasteiger partial charge in [0.15, 0.2) is 0 Å². The highest BCUT2D eigenvalue weighted by molar-refractivity contribution is 6.33. The molecule has 0 fully saturated rings. The fourth-order valence-electron chi connectivity index (χ4n) is 2.01. The maximum absolute atomic E-state index is 11.6. The first-order valence-electron chi connectivity index (χ1n) is 5.53. The molecule has 0 unspecified atom stereocenters. The predicted molar refractivity (Wildman–Crippen MR) is 72.9 cm³/mol. The average Bonchev–Trinajstić information content (AvgIpc) is 2.38. The van der Waals surface area contributed by atoms with E-state index in [2.05, 4.69) is 0 Å². The zero-order valence-corrected chi connectivity index (χ0v) is 10.1. The van der Waals surface area contributed by atoms with Gasteiger partial charge in [-0.3, -0.25) is 0 Å². The van der Waals surface area contributed by atoms with Crippen LogP contribution in [0.2, 0.25) is 5.02 Å². The van der Waals surface area contributed by atoms with Crippen molar-refractivity contribution in [1.29, 1.82) is 0 Å². The van der Waals surface area contributed by atoms with E-state index in [1.54, 1.807) is 12.1 Å². The van der Waals surface area contributed by atoms with Crippen LogP contribution in [0.4, 0.5) is 0 Å². The van der Waals surface area contributed by atoms with Crippen LogP contribution in [0.3, 0.4) is 0 Å². The van der Waals surface area contributed by atoms with Crippen molar-refractivity contribution in [2.75, 3.05) is 0 Å². The molecule has 0 amide bonds. The Morgan fingerprint density at radius 3 is 2.44 bits per heavy atom. The number of halogens is 1. The molecule has 3 heteroatoms. The first kappa shape index (κ1) is 11.1. The summed E-state index contributed by atoms with van der Waals surface area (Å²) in [4.78, 5) is 11.6. The highest BCUT2D eigenvalue weighted by Gasteiger charge is 2.09. The molecule has 0 spiro atoms. The van der Waals surface area contributed by atoms with Gasteiger partial charge in [-0.25, -0.2) is 4.79 Å². The van der Waals surface area contributed by atoms with Crippen molar-refractivity contribution >= 4 is 22.6 Å². The number of hydrogen-bond donors (Lipinski definition) is 0. The van der Waals surface area contributed by atoms with Gasteiger partial charge >= 0.3 is 5.63 Å². The summed E-state index contributed by atoms with van der Waals surface area (Å²) >= 11 is 6.18. The first-order valence-corrected chi connectivity index (χ1v) is 5.91. The Kier molecular flexibility index (Phi) is 2.65. The van der Waals surface area contributed by atoms with Crippen molar-refractivity contribution in [2.24, 2.45) is 0 Å². The third kappa shape index (κ3) is 1.81. The second kappa shape index (κ2) is 4.31. The molecule has 2 aromatic carbocycles. The zero-order valence-electron chi connectivity index (χ0n) is 9.39. The second-order valence-electron chi connectivity index (χ2n) is 3.96. The van der Waals surface area contributed by atoms with Crippen LogP contribution in [-0.2, 0) is 0 Å². The van der Waals surface area contributed by atoms with Gasteiger partial charge in [0, 0.05) is 27.6 Å². The van der Waals surface area contributed by atoms with Gasteiger partial charge in [-0.2, -0.15) is 0 Å². The Balaban J connectivity index is 2.42. The van der Waals surface area contributed by atoms with E-state index in [9.17, 15) is 4.79 Å². The quantitative estimate of drug-likeness (QED) is 0.613. The lowest BCUT2D eigenvalue weighted by Crippen LogP contribution is -1.98. The molecule has 2 nitrogen and oxygen atoms in total. The lowest BCUT2D eigenvalue weighted by atomic mass is 10.0. The minimum absolute atomic E-state index is 0.372. The topological polar surface area (TPSA) is 30.2 Å². The van der Waals surface area contributed by atoms with E-state index in [0.29, 0.717) is 10.6 Å². The van der Waals surface area contributed by atoms with E-state index >= 15 is 0 Å². The van der Waals surface area contributed by atoms with E-state index < -0.39 is 0 Å². The summed E-state index contributed by atoms with van der Waals surface area (Å²) in [6.07, 6.45) is 0. The molecule has 0 saturated heterocycles. The van der Waals surface area contributed by atoms with E-state index in [1.165, 1.54) is 6.07 Å². The Hall–Kier alpha value is -2.06. The van der Waals surface area contributed by atoms with Crippen molar-refractivity contribution in [3.05, 3.63) is 70.0 Å². The molecule has 88 valence electrons. The molecule has 0 N–H and O–H groups in total. The average molecular weight is 257 g/mol. The molecule has 0 saturated carbocycles. The van der Waals surface area contributed by atoms with Crippen LogP contribution in [0.25, 0.3) is 22.1 Å². The fourth-order valence-corrected chi connectivity index (χ4v) is 2.25. The number of para-hydroxylation sites is 1. The second-order valence-corrected chi connectivity index (χ2v) is 4.36. The van der Waals surface area contributed by atoms with Crippen LogP contribution in [0, 0.1) is 0 Å². The summed E-state index contributed by atoms with van der Waals surface area (Å²) in [5.41, 5.74) is 1.83. The molecule has 0 aliphatic heterocycles. The van der Waals surface area contributed by atoms with Gasteiger partial charge < -0.3 is 4.42 Å². The van der Waals surface area contributed by atoms with Gasteiger partial charge in [0.2, 0.25) is 0 Å². The maximum atomic E-state index is 11.6. The summed E-state index contributed by atoms with van der Waals surface area (Å²) in [6, 6.07) is 16.4. The Bertz CT molecular complexity index is 775. The molecule has 0 aliphatic carbocycles. The molecule has 0 radical (unpaired) electrons. The molecule has 0 atom stereocenters. The number of benzene rings is 2. The third-order valence-electron chi connectivity index (χ3n) is 2.81. The number of hydrogen-bond acceptors (Lipinski definition) is 2. The van der Waals surface area contributed by atoms with Crippen LogP contribution >= 0.6 is 11.6 Å². The van der Waals surface area contributed by atoms with Gasteiger partial charge in [0.05, 0.1) is 0 Å². The Morgan fingerprint density at radius 1 is 0.889 bits per heavy atom. The molecule has 1 aromatic heterocycles. The van der Waals surface area contributed by atoms with Gasteiger partial charge in [-0.1, -0.05) is 48.0 Å². The van der Waals surface area contributed by atoms with Crippen molar-refractivity contribution in [2.45, 2.75) is 0 Å². The van der Waals surface area contributed by atoms with E-state index in [4.69, 9.17) is 16.0 Å². The molecular weight excluding hydrogens is 248 g/mol. The molecule has 0 aliphatic rings. The van der Waals surface area contributed by atoms with Crippen LogP contribution in [-0.4, -0.2) is 0 Å². The number of rotatable bonds is 1. The lowest BCUT2D eigenvalue weighted by molar-refractivity contribution is 0.561. The normalized spacial score (nSPS) is 10.7.